The maximum atomic E-state index is 12.3. The standard InChI is InChI=1S/C17H33N3O/c1-2-7-16(18)17(21)20-11-6-10-19(12-13-20)14-15-8-4-3-5-9-15/h15-16H,2-14,18H2,1H3. The van der Waals surface area contributed by atoms with Crippen molar-refractivity contribution in [3.8, 4) is 0 Å². The summed E-state index contributed by atoms with van der Waals surface area (Å²) in [4.78, 5) is 16.9. The summed E-state index contributed by atoms with van der Waals surface area (Å²) >= 11 is 0. The van der Waals surface area contributed by atoms with Crippen LogP contribution in [0.15, 0.2) is 0 Å². The largest absolute Gasteiger partial charge is 0.340 e. The number of amides is 1. The van der Waals surface area contributed by atoms with Crippen LogP contribution in [0, 0.1) is 5.92 Å². The molecule has 1 unspecified atom stereocenters. The lowest BCUT2D eigenvalue weighted by molar-refractivity contribution is -0.132. The van der Waals surface area contributed by atoms with E-state index in [1.807, 2.05) is 4.90 Å². The van der Waals surface area contributed by atoms with Gasteiger partial charge in [-0.05, 0) is 38.1 Å². The van der Waals surface area contributed by atoms with Crippen molar-refractivity contribution < 1.29 is 4.79 Å². The van der Waals surface area contributed by atoms with Crippen LogP contribution in [0.4, 0.5) is 0 Å². The number of nitrogens with two attached hydrogens (primary N) is 1. The predicted molar refractivity (Wildman–Crippen MR) is 87.1 cm³/mol. The summed E-state index contributed by atoms with van der Waals surface area (Å²) in [6.45, 7) is 7.25. The van der Waals surface area contributed by atoms with E-state index in [2.05, 4.69) is 11.8 Å². The van der Waals surface area contributed by atoms with Crippen molar-refractivity contribution in [2.45, 2.75) is 64.3 Å². The molecule has 1 aliphatic carbocycles. The molecule has 1 atom stereocenters. The Hall–Kier alpha value is -0.610. The Morgan fingerprint density at radius 3 is 2.57 bits per heavy atom. The maximum absolute atomic E-state index is 12.3. The Morgan fingerprint density at radius 1 is 1.10 bits per heavy atom. The van der Waals surface area contributed by atoms with Crippen LogP contribution >= 0.6 is 0 Å². The van der Waals surface area contributed by atoms with Crippen molar-refractivity contribution >= 4 is 5.91 Å². The predicted octanol–water partition coefficient (Wildman–Crippen LogP) is 2.23. The Labute approximate surface area is 130 Å². The topological polar surface area (TPSA) is 49.6 Å². The molecule has 21 heavy (non-hydrogen) atoms. The number of nitrogens with zero attached hydrogens (tertiary/aromatic N) is 2. The Morgan fingerprint density at radius 2 is 1.86 bits per heavy atom. The Balaban J connectivity index is 1.77. The van der Waals surface area contributed by atoms with Crippen molar-refractivity contribution in [2.75, 3.05) is 32.7 Å². The average molecular weight is 295 g/mol. The fourth-order valence-electron chi connectivity index (χ4n) is 3.78. The van der Waals surface area contributed by atoms with Crippen molar-refractivity contribution in [3.05, 3.63) is 0 Å². The zero-order chi connectivity index (χ0) is 15.1. The molecule has 1 amide bonds. The van der Waals surface area contributed by atoms with Crippen LogP contribution < -0.4 is 5.73 Å². The molecular weight excluding hydrogens is 262 g/mol. The third-order valence-electron chi connectivity index (χ3n) is 5.06. The van der Waals surface area contributed by atoms with E-state index in [0.717, 1.165) is 51.4 Å². The fourth-order valence-corrected chi connectivity index (χ4v) is 3.78. The molecule has 122 valence electrons. The van der Waals surface area contributed by atoms with E-state index in [4.69, 9.17) is 5.73 Å². The first-order valence-electron chi connectivity index (χ1n) is 8.97. The van der Waals surface area contributed by atoms with Crippen molar-refractivity contribution in [3.63, 3.8) is 0 Å². The van der Waals surface area contributed by atoms with Gasteiger partial charge < -0.3 is 15.5 Å². The van der Waals surface area contributed by atoms with Crippen molar-refractivity contribution in [1.82, 2.24) is 9.80 Å². The van der Waals surface area contributed by atoms with E-state index >= 15 is 0 Å². The zero-order valence-electron chi connectivity index (χ0n) is 13.7. The highest BCUT2D eigenvalue weighted by Crippen LogP contribution is 2.24. The van der Waals surface area contributed by atoms with Gasteiger partial charge in [-0.3, -0.25) is 4.79 Å². The first-order valence-corrected chi connectivity index (χ1v) is 8.97. The lowest BCUT2D eigenvalue weighted by Crippen LogP contribution is -2.45. The summed E-state index contributed by atoms with van der Waals surface area (Å²) in [5.41, 5.74) is 5.99. The number of rotatable bonds is 5. The number of carbonyl (C=O) groups excluding carboxylic acids is 1. The van der Waals surface area contributed by atoms with E-state index in [0.29, 0.717) is 0 Å². The molecule has 2 N–H and O–H groups in total. The monoisotopic (exact) mass is 295 g/mol. The van der Waals surface area contributed by atoms with Gasteiger partial charge in [0.2, 0.25) is 5.91 Å². The van der Waals surface area contributed by atoms with Crippen molar-refractivity contribution in [2.24, 2.45) is 11.7 Å². The van der Waals surface area contributed by atoms with Gasteiger partial charge in [-0.25, -0.2) is 0 Å². The van der Waals surface area contributed by atoms with Gasteiger partial charge in [0.1, 0.15) is 0 Å². The van der Waals surface area contributed by atoms with Gasteiger partial charge in [-0.15, -0.1) is 0 Å². The molecule has 1 saturated carbocycles. The molecule has 0 radical (unpaired) electrons. The van der Waals surface area contributed by atoms with Crippen LogP contribution in [0.25, 0.3) is 0 Å². The van der Waals surface area contributed by atoms with Crippen LogP contribution in [-0.2, 0) is 4.79 Å². The number of hydrogen-bond donors (Lipinski definition) is 1. The van der Waals surface area contributed by atoms with E-state index in [-0.39, 0.29) is 11.9 Å². The molecular formula is C17H33N3O. The van der Waals surface area contributed by atoms with E-state index in [1.54, 1.807) is 0 Å². The SMILES string of the molecule is CCCC(N)C(=O)N1CCCN(CC2CCCCC2)CC1. The minimum absolute atomic E-state index is 0.163. The van der Waals surface area contributed by atoms with Crippen LogP contribution in [0.1, 0.15) is 58.3 Å². The zero-order valence-corrected chi connectivity index (χ0v) is 13.7. The maximum Gasteiger partial charge on any atom is 0.239 e. The van der Waals surface area contributed by atoms with E-state index < -0.39 is 0 Å². The highest BCUT2D eigenvalue weighted by atomic mass is 16.2. The summed E-state index contributed by atoms with van der Waals surface area (Å²) in [7, 11) is 0. The van der Waals surface area contributed by atoms with Gasteiger partial charge in [0.25, 0.3) is 0 Å². The second-order valence-electron chi connectivity index (χ2n) is 6.88. The lowest BCUT2D eigenvalue weighted by Gasteiger charge is -2.29. The summed E-state index contributed by atoms with van der Waals surface area (Å²) in [6.07, 6.45) is 9.94. The molecule has 0 aromatic carbocycles. The minimum atomic E-state index is -0.292. The Bertz CT molecular complexity index is 315. The Kier molecular flexibility index (Phi) is 6.97. The molecule has 0 aromatic heterocycles. The molecule has 0 spiro atoms. The second-order valence-corrected chi connectivity index (χ2v) is 6.88. The number of carbonyl (C=O) groups is 1. The van der Waals surface area contributed by atoms with E-state index in [9.17, 15) is 4.79 Å². The second kappa shape index (κ2) is 8.74. The summed E-state index contributed by atoms with van der Waals surface area (Å²) < 4.78 is 0. The summed E-state index contributed by atoms with van der Waals surface area (Å²) in [6, 6.07) is -0.292. The summed E-state index contributed by atoms with van der Waals surface area (Å²) in [5, 5.41) is 0. The molecule has 2 fully saturated rings. The molecule has 0 bridgehead atoms. The lowest BCUT2D eigenvalue weighted by atomic mass is 9.89. The molecule has 1 saturated heterocycles. The van der Waals surface area contributed by atoms with Gasteiger partial charge in [0.15, 0.2) is 0 Å². The fraction of sp³-hybridized carbons (Fsp3) is 0.941. The molecule has 4 heteroatoms. The normalized spacial score (nSPS) is 23.8. The van der Waals surface area contributed by atoms with E-state index in [1.165, 1.54) is 38.6 Å². The third kappa shape index (κ3) is 5.26. The van der Waals surface area contributed by atoms with Gasteiger partial charge >= 0.3 is 0 Å². The van der Waals surface area contributed by atoms with Crippen LogP contribution in [0.2, 0.25) is 0 Å². The molecule has 2 aliphatic rings. The molecule has 0 aromatic rings. The summed E-state index contributed by atoms with van der Waals surface area (Å²) in [5.74, 6) is 1.06. The molecule has 1 heterocycles. The minimum Gasteiger partial charge on any atom is -0.340 e. The highest BCUT2D eigenvalue weighted by Gasteiger charge is 2.24. The third-order valence-corrected chi connectivity index (χ3v) is 5.06. The first-order chi connectivity index (χ1) is 10.2. The van der Waals surface area contributed by atoms with Gasteiger partial charge in [-0.1, -0.05) is 32.6 Å². The number of hydrogen-bond acceptors (Lipinski definition) is 3. The van der Waals surface area contributed by atoms with Crippen LogP contribution in [0.5, 0.6) is 0 Å². The smallest absolute Gasteiger partial charge is 0.239 e. The van der Waals surface area contributed by atoms with Gasteiger partial charge in [-0.2, -0.15) is 0 Å². The average Bonchev–Trinajstić information content (AvgIpc) is 2.73. The highest BCUT2D eigenvalue weighted by molar-refractivity contribution is 5.81. The molecule has 1 aliphatic heterocycles. The van der Waals surface area contributed by atoms with Crippen LogP contribution in [-0.4, -0.2) is 54.5 Å². The van der Waals surface area contributed by atoms with Crippen molar-refractivity contribution in [1.29, 1.82) is 0 Å². The van der Waals surface area contributed by atoms with Gasteiger partial charge in [0.05, 0.1) is 6.04 Å². The molecule has 4 nitrogen and oxygen atoms in total. The molecule has 2 rings (SSSR count). The van der Waals surface area contributed by atoms with Crippen LogP contribution in [0.3, 0.4) is 0 Å². The first kappa shape index (κ1) is 16.8. The quantitative estimate of drug-likeness (QED) is 0.846. The van der Waals surface area contributed by atoms with Gasteiger partial charge in [0, 0.05) is 26.2 Å².